The van der Waals surface area contributed by atoms with E-state index >= 15 is 0 Å². The van der Waals surface area contributed by atoms with Crippen molar-refractivity contribution < 1.29 is 14.7 Å². The molecule has 0 saturated carbocycles. The van der Waals surface area contributed by atoms with E-state index in [1.807, 2.05) is 0 Å². The number of hydrogen-bond acceptors (Lipinski definition) is 3. The molecule has 1 amide bonds. The molecule has 0 aliphatic carbocycles. The molecule has 0 fully saturated rings. The Bertz CT molecular complexity index is 651. The van der Waals surface area contributed by atoms with Crippen LogP contribution >= 0.6 is 33.9 Å². The third-order valence-electron chi connectivity index (χ3n) is 2.57. The maximum Gasteiger partial charge on any atom is 0.337 e. The lowest BCUT2D eigenvalue weighted by atomic mass is 10.1. The van der Waals surface area contributed by atoms with E-state index in [2.05, 4.69) is 27.9 Å². The van der Waals surface area contributed by atoms with Gasteiger partial charge in [-0.25, -0.2) is 4.79 Å². The van der Waals surface area contributed by atoms with Crippen molar-refractivity contribution in [2.75, 3.05) is 5.32 Å². The van der Waals surface area contributed by atoms with E-state index in [0.717, 1.165) is 8.45 Å². The third-order valence-corrected chi connectivity index (χ3v) is 4.36. The lowest BCUT2D eigenvalue weighted by Gasteiger charge is -2.10. The van der Waals surface area contributed by atoms with Crippen molar-refractivity contribution in [3.8, 4) is 0 Å². The fourth-order valence-electron chi connectivity index (χ4n) is 1.63. The van der Waals surface area contributed by atoms with E-state index in [-0.39, 0.29) is 11.5 Å². The number of amides is 1. The van der Waals surface area contributed by atoms with Gasteiger partial charge in [-0.1, -0.05) is 12.1 Å². The Labute approximate surface area is 127 Å². The molecule has 4 nitrogen and oxygen atoms in total. The number of anilines is 1. The van der Waals surface area contributed by atoms with Crippen molar-refractivity contribution in [2.45, 2.75) is 6.92 Å². The van der Waals surface area contributed by atoms with Crippen LogP contribution in [0.25, 0.3) is 0 Å². The summed E-state index contributed by atoms with van der Waals surface area (Å²) in [7, 11) is 0. The lowest BCUT2D eigenvalue weighted by Crippen LogP contribution is -2.15. The Morgan fingerprint density at radius 2 is 2.11 bits per heavy atom. The fraction of sp³-hybridized carbons (Fsp3) is 0.0769. The molecule has 6 heteroatoms. The van der Waals surface area contributed by atoms with Crippen LogP contribution in [0.3, 0.4) is 0 Å². The van der Waals surface area contributed by atoms with Gasteiger partial charge in [0.15, 0.2) is 0 Å². The number of aromatic carboxylic acids is 1. The molecule has 0 aliphatic heterocycles. The number of benzene rings is 1. The van der Waals surface area contributed by atoms with Gasteiger partial charge in [0.25, 0.3) is 5.91 Å². The van der Waals surface area contributed by atoms with Crippen molar-refractivity contribution in [2.24, 2.45) is 0 Å². The topological polar surface area (TPSA) is 66.4 Å². The van der Waals surface area contributed by atoms with Crippen molar-refractivity contribution in [1.29, 1.82) is 0 Å². The van der Waals surface area contributed by atoms with E-state index < -0.39 is 5.97 Å². The summed E-state index contributed by atoms with van der Waals surface area (Å²) in [5.41, 5.74) is 1.70. The van der Waals surface area contributed by atoms with Crippen LogP contribution in [0.2, 0.25) is 0 Å². The molecule has 0 unspecified atom stereocenters. The number of thiophene rings is 1. The van der Waals surface area contributed by atoms with Crippen LogP contribution in [0, 0.1) is 9.81 Å². The Morgan fingerprint density at radius 3 is 2.68 bits per heavy atom. The van der Waals surface area contributed by atoms with Gasteiger partial charge >= 0.3 is 5.97 Å². The highest BCUT2D eigenvalue weighted by Gasteiger charge is 2.16. The van der Waals surface area contributed by atoms with E-state index in [1.165, 1.54) is 17.4 Å². The molecule has 0 radical (unpaired) electrons. The van der Waals surface area contributed by atoms with Gasteiger partial charge in [0.1, 0.15) is 0 Å². The van der Waals surface area contributed by atoms with E-state index in [1.54, 1.807) is 30.5 Å². The SMILES string of the molecule is Cc1cccc(C(=O)O)c1NC(=O)c1csc(I)c1. The van der Waals surface area contributed by atoms with Gasteiger partial charge in [-0.2, -0.15) is 0 Å². The molecule has 19 heavy (non-hydrogen) atoms. The maximum absolute atomic E-state index is 12.1. The van der Waals surface area contributed by atoms with Crippen LogP contribution in [0.1, 0.15) is 26.3 Å². The van der Waals surface area contributed by atoms with Crippen molar-refractivity contribution in [3.05, 3.63) is 49.2 Å². The maximum atomic E-state index is 12.1. The number of nitrogens with one attached hydrogen (secondary N) is 1. The van der Waals surface area contributed by atoms with Crippen LogP contribution < -0.4 is 5.32 Å². The van der Waals surface area contributed by atoms with E-state index in [9.17, 15) is 9.59 Å². The zero-order valence-corrected chi connectivity index (χ0v) is 12.9. The van der Waals surface area contributed by atoms with Crippen molar-refractivity contribution in [1.82, 2.24) is 0 Å². The molecule has 0 bridgehead atoms. The number of rotatable bonds is 3. The Hall–Kier alpha value is -1.41. The average Bonchev–Trinajstić information content (AvgIpc) is 2.78. The summed E-state index contributed by atoms with van der Waals surface area (Å²) in [4.78, 5) is 23.2. The minimum atomic E-state index is -1.06. The Morgan fingerprint density at radius 1 is 1.37 bits per heavy atom. The molecule has 1 aromatic heterocycles. The zero-order chi connectivity index (χ0) is 14.0. The first-order valence-corrected chi connectivity index (χ1v) is 7.33. The highest BCUT2D eigenvalue weighted by Crippen LogP contribution is 2.23. The van der Waals surface area contributed by atoms with Crippen LogP contribution in [0.5, 0.6) is 0 Å². The molecule has 0 spiro atoms. The minimum Gasteiger partial charge on any atom is -0.478 e. The van der Waals surface area contributed by atoms with Crippen LogP contribution in [-0.4, -0.2) is 17.0 Å². The average molecular weight is 387 g/mol. The van der Waals surface area contributed by atoms with Gasteiger partial charge in [0, 0.05) is 5.38 Å². The second-order valence-electron chi connectivity index (χ2n) is 3.90. The first kappa shape index (κ1) is 14.0. The number of carboxylic acid groups (broad SMARTS) is 1. The second-order valence-corrected chi connectivity index (χ2v) is 6.70. The molecule has 98 valence electrons. The first-order valence-electron chi connectivity index (χ1n) is 5.37. The minimum absolute atomic E-state index is 0.0956. The monoisotopic (exact) mass is 387 g/mol. The number of carbonyl (C=O) groups excluding carboxylic acids is 1. The Kier molecular flexibility index (Phi) is 4.20. The normalized spacial score (nSPS) is 10.2. The van der Waals surface area contributed by atoms with Gasteiger partial charge in [-0.3, -0.25) is 4.79 Å². The Balaban J connectivity index is 2.33. The second kappa shape index (κ2) is 5.70. The molecule has 1 heterocycles. The zero-order valence-electron chi connectivity index (χ0n) is 9.94. The predicted octanol–water partition coefficient (Wildman–Crippen LogP) is 3.61. The molecule has 0 atom stereocenters. The molecule has 2 rings (SSSR count). The van der Waals surface area contributed by atoms with Gasteiger partial charge in [-0.15, -0.1) is 11.3 Å². The highest BCUT2D eigenvalue weighted by atomic mass is 127. The summed E-state index contributed by atoms with van der Waals surface area (Å²) in [6.45, 7) is 1.76. The number of halogens is 1. The van der Waals surface area contributed by atoms with Crippen molar-refractivity contribution in [3.63, 3.8) is 0 Å². The third kappa shape index (κ3) is 3.13. The predicted molar refractivity (Wildman–Crippen MR) is 83.1 cm³/mol. The van der Waals surface area contributed by atoms with Gasteiger partial charge in [0.05, 0.1) is 19.7 Å². The lowest BCUT2D eigenvalue weighted by molar-refractivity contribution is 0.0698. The summed E-state index contributed by atoms with van der Waals surface area (Å²) in [6.07, 6.45) is 0. The van der Waals surface area contributed by atoms with Gasteiger partial charge < -0.3 is 10.4 Å². The molecule has 1 aromatic carbocycles. The summed E-state index contributed by atoms with van der Waals surface area (Å²) in [6, 6.07) is 6.66. The fourth-order valence-corrected chi connectivity index (χ4v) is 2.95. The standard InChI is InChI=1S/C13H10INO3S/c1-7-3-2-4-9(13(17)18)11(7)15-12(16)8-5-10(14)19-6-8/h2-6H,1H3,(H,15,16)(H,17,18). The summed E-state index contributed by atoms with van der Waals surface area (Å²) in [5.74, 6) is -1.35. The molecular weight excluding hydrogens is 377 g/mol. The summed E-state index contributed by atoms with van der Waals surface area (Å²) < 4.78 is 1.01. The molecule has 2 aromatic rings. The molecule has 0 aliphatic rings. The number of hydrogen-bond donors (Lipinski definition) is 2. The van der Waals surface area contributed by atoms with E-state index in [4.69, 9.17) is 5.11 Å². The largest absolute Gasteiger partial charge is 0.478 e. The van der Waals surface area contributed by atoms with Crippen molar-refractivity contribution >= 4 is 51.5 Å². The summed E-state index contributed by atoms with van der Waals surface area (Å²) >= 11 is 3.60. The summed E-state index contributed by atoms with van der Waals surface area (Å²) in [5, 5.41) is 13.5. The first-order chi connectivity index (χ1) is 8.99. The number of carboxylic acids is 1. The van der Waals surface area contributed by atoms with Crippen LogP contribution in [-0.2, 0) is 0 Å². The smallest absolute Gasteiger partial charge is 0.337 e. The van der Waals surface area contributed by atoms with Crippen LogP contribution in [0.4, 0.5) is 5.69 Å². The number of carbonyl (C=O) groups is 2. The van der Waals surface area contributed by atoms with E-state index in [0.29, 0.717) is 11.3 Å². The number of para-hydroxylation sites is 1. The van der Waals surface area contributed by atoms with Crippen LogP contribution in [0.15, 0.2) is 29.6 Å². The molecule has 0 saturated heterocycles. The quantitative estimate of drug-likeness (QED) is 0.791. The molecular formula is C13H10INO3S. The number of aryl methyl sites for hydroxylation is 1. The highest BCUT2D eigenvalue weighted by molar-refractivity contribution is 14.1. The molecule has 2 N–H and O–H groups in total. The van der Waals surface area contributed by atoms with Gasteiger partial charge in [0.2, 0.25) is 0 Å². The van der Waals surface area contributed by atoms with Gasteiger partial charge in [-0.05, 0) is 47.2 Å².